The molecule has 5 rings (SSSR count). The molecule has 188 valence electrons. The van der Waals surface area contributed by atoms with Crippen molar-refractivity contribution in [3.05, 3.63) is 61.7 Å². The topological polar surface area (TPSA) is 96.0 Å². The highest BCUT2D eigenvalue weighted by molar-refractivity contribution is 14.1. The standard InChI is InChI=1S/C26H25ClIN3O5/c27-20-7-4-15(12-21(20)28)25(34)30-10-2-1-3-17(30)14-36-18-5-6-19-16(11-18)13-31(26(19)35)22-8-9-23(32)29-24(22)33/h4-7,11-12,17,22H,1-3,8-10,13-14H2,(H,29,32,33). The minimum Gasteiger partial charge on any atom is -0.491 e. The molecule has 0 aromatic heterocycles. The van der Waals surface area contributed by atoms with E-state index in [1.54, 1.807) is 24.3 Å². The van der Waals surface area contributed by atoms with Crippen molar-refractivity contribution in [1.82, 2.24) is 15.1 Å². The number of nitrogens with one attached hydrogen (secondary N) is 1. The van der Waals surface area contributed by atoms with Gasteiger partial charge in [-0.05, 0) is 90.2 Å². The molecule has 4 amide bonds. The molecule has 0 saturated carbocycles. The highest BCUT2D eigenvalue weighted by atomic mass is 127. The van der Waals surface area contributed by atoms with Gasteiger partial charge >= 0.3 is 0 Å². The van der Waals surface area contributed by atoms with Crippen molar-refractivity contribution < 1.29 is 23.9 Å². The van der Waals surface area contributed by atoms with Crippen LogP contribution >= 0.6 is 34.2 Å². The lowest BCUT2D eigenvalue weighted by Gasteiger charge is -2.35. The highest BCUT2D eigenvalue weighted by Gasteiger charge is 2.39. The van der Waals surface area contributed by atoms with Gasteiger partial charge in [0.05, 0.1) is 11.1 Å². The van der Waals surface area contributed by atoms with Crippen molar-refractivity contribution in [2.75, 3.05) is 13.2 Å². The van der Waals surface area contributed by atoms with Crippen LogP contribution < -0.4 is 10.1 Å². The molecule has 36 heavy (non-hydrogen) atoms. The number of fused-ring (bicyclic) bond motifs is 1. The number of amides is 4. The van der Waals surface area contributed by atoms with Gasteiger partial charge in [-0.3, -0.25) is 24.5 Å². The van der Waals surface area contributed by atoms with Crippen molar-refractivity contribution in [1.29, 1.82) is 0 Å². The molecule has 0 bridgehead atoms. The third-order valence-corrected chi connectivity index (χ3v) is 8.53. The molecule has 3 heterocycles. The molecule has 0 spiro atoms. The van der Waals surface area contributed by atoms with Gasteiger partial charge in [0, 0.05) is 34.2 Å². The van der Waals surface area contributed by atoms with Crippen LogP contribution in [0.2, 0.25) is 5.02 Å². The molecule has 1 N–H and O–H groups in total. The van der Waals surface area contributed by atoms with E-state index in [-0.39, 0.29) is 30.2 Å². The van der Waals surface area contributed by atoms with Gasteiger partial charge in [0.1, 0.15) is 18.4 Å². The van der Waals surface area contributed by atoms with Crippen LogP contribution in [0.15, 0.2) is 36.4 Å². The van der Waals surface area contributed by atoms with Gasteiger partial charge in [0.2, 0.25) is 11.8 Å². The monoisotopic (exact) mass is 621 g/mol. The molecule has 2 unspecified atom stereocenters. The second kappa shape index (κ2) is 10.4. The first-order chi connectivity index (χ1) is 17.3. The summed E-state index contributed by atoms with van der Waals surface area (Å²) in [5.74, 6) is -0.367. The Morgan fingerprint density at radius 1 is 1.11 bits per heavy atom. The van der Waals surface area contributed by atoms with Crippen molar-refractivity contribution in [2.45, 2.75) is 50.7 Å². The zero-order valence-corrected chi connectivity index (χ0v) is 22.4. The van der Waals surface area contributed by atoms with Crippen LogP contribution in [0.3, 0.4) is 0 Å². The number of imide groups is 1. The van der Waals surface area contributed by atoms with E-state index in [1.165, 1.54) is 4.90 Å². The molecule has 10 heteroatoms. The van der Waals surface area contributed by atoms with Gasteiger partial charge in [-0.2, -0.15) is 0 Å². The summed E-state index contributed by atoms with van der Waals surface area (Å²) in [7, 11) is 0. The van der Waals surface area contributed by atoms with E-state index in [9.17, 15) is 19.2 Å². The molecule has 0 radical (unpaired) electrons. The fraction of sp³-hybridized carbons (Fsp3) is 0.385. The van der Waals surface area contributed by atoms with Gasteiger partial charge in [0.15, 0.2) is 0 Å². The Hall–Kier alpha value is -2.66. The summed E-state index contributed by atoms with van der Waals surface area (Å²) in [5, 5.41) is 2.94. The number of piperidine rings is 2. The summed E-state index contributed by atoms with van der Waals surface area (Å²) in [6, 6.07) is 9.90. The van der Waals surface area contributed by atoms with Crippen LogP contribution in [0, 0.1) is 3.57 Å². The normalized spacial score (nSPS) is 21.9. The Balaban J connectivity index is 1.26. The molecule has 3 aliphatic heterocycles. The summed E-state index contributed by atoms with van der Waals surface area (Å²) >= 11 is 8.25. The molecule has 2 saturated heterocycles. The number of carbonyl (C=O) groups is 4. The third-order valence-electron chi connectivity index (χ3n) is 6.99. The predicted octanol–water partition coefficient (Wildman–Crippen LogP) is 3.78. The van der Waals surface area contributed by atoms with E-state index in [2.05, 4.69) is 27.9 Å². The number of hydrogen-bond acceptors (Lipinski definition) is 5. The number of halogens is 2. The Morgan fingerprint density at radius 3 is 2.72 bits per heavy atom. The summed E-state index contributed by atoms with van der Waals surface area (Å²) in [6.45, 7) is 1.31. The number of ether oxygens (including phenoxy) is 1. The van der Waals surface area contributed by atoms with Gasteiger partial charge in [0.25, 0.3) is 11.8 Å². The van der Waals surface area contributed by atoms with Gasteiger partial charge in [-0.1, -0.05) is 11.6 Å². The molecule has 0 aliphatic carbocycles. The lowest BCUT2D eigenvalue weighted by molar-refractivity contribution is -0.136. The first kappa shape index (κ1) is 25.0. The van der Waals surface area contributed by atoms with Crippen molar-refractivity contribution in [3.8, 4) is 5.75 Å². The van der Waals surface area contributed by atoms with Crippen LogP contribution in [-0.2, 0) is 16.1 Å². The fourth-order valence-electron chi connectivity index (χ4n) is 5.07. The first-order valence-corrected chi connectivity index (χ1v) is 13.4. The maximum Gasteiger partial charge on any atom is 0.255 e. The largest absolute Gasteiger partial charge is 0.491 e. The second-order valence-electron chi connectivity index (χ2n) is 9.31. The number of hydrogen-bond donors (Lipinski definition) is 1. The third kappa shape index (κ3) is 4.95. The van der Waals surface area contributed by atoms with Gasteiger partial charge in [-0.25, -0.2) is 0 Å². The van der Waals surface area contributed by atoms with Crippen LogP contribution in [0.25, 0.3) is 0 Å². The maximum absolute atomic E-state index is 13.2. The maximum atomic E-state index is 13.2. The van der Waals surface area contributed by atoms with Crippen molar-refractivity contribution >= 4 is 57.8 Å². The zero-order valence-electron chi connectivity index (χ0n) is 19.5. The Morgan fingerprint density at radius 2 is 1.94 bits per heavy atom. The minimum absolute atomic E-state index is 0.0303. The number of nitrogens with zero attached hydrogens (tertiary/aromatic N) is 2. The van der Waals surface area contributed by atoms with E-state index in [0.29, 0.717) is 48.0 Å². The molecule has 2 aromatic carbocycles. The first-order valence-electron chi connectivity index (χ1n) is 12.0. The lowest BCUT2D eigenvalue weighted by atomic mass is 10.0. The summed E-state index contributed by atoms with van der Waals surface area (Å²) in [5.41, 5.74) is 1.94. The lowest BCUT2D eigenvalue weighted by Crippen LogP contribution is -2.52. The molecular formula is C26H25ClIN3O5. The minimum atomic E-state index is -0.648. The molecule has 2 aromatic rings. The average Bonchev–Trinajstić information content (AvgIpc) is 3.19. The van der Waals surface area contributed by atoms with Crippen LogP contribution in [-0.4, -0.2) is 58.7 Å². The average molecular weight is 622 g/mol. The number of rotatable bonds is 5. The van der Waals surface area contributed by atoms with E-state index < -0.39 is 11.9 Å². The van der Waals surface area contributed by atoms with Crippen molar-refractivity contribution in [3.63, 3.8) is 0 Å². The Bertz CT molecular complexity index is 1250. The quantitative estimate of drug-likeness (QED) is 0.405. The second-order valence-corrected chi connectivity index (χ2v) is 10.9. The van der Waals surface area contributed by atoms with E-state index in [4.69, 9.17) is 16.3 Å². The van der Waals surface area contributed by atoms with Gasteiger partial charge in [-0.15, -0.1) is 0 Å². The number of likely N-dealkylation sites (tertiary alicyclic amines) is 1. The Labute approximate surface area is 227 Å². The van der Waals surface area contributed by atoms with Crippen LogP contribution in [0.1, 0.15) is 58.4 Å². The highest BCUT2D eigenvalue weighted by Crippen LogP contribution is 2.31. The molecule has 8 nitrogen and oxygen atoms in total. The summed E-state index contributed by atoms with van der Waals surface area (Å²) < 4.78 is 6.95. The van der Waals surface area contributed by atoms with E-state index >= 15 is 0 Å². The number of carbonyl (C=O) groups excluding carboxylic acids is 4. The molecular weight excluding hydrogens is 597 g/mol. The predicted molar refractivity (Wildman–Crippen MR) is 141 cm³/mol. The molecule has 3 aliphatic rings. The smallest absolute Gasteiger partial charge is 0.255 e. The zero-order chi connectivity index (χ0) is 25.4. The van der Waals surface area contributed by atoms with Crippen LogP contribution in [0.5, 0.6) is 5.75 Å². The van der Waals surface area contributed by atoms with E-state index in [1.807, 2.05) is 17.0 Å². The fourth-order valence-corrected chi connectivity index (χ4v) is 5.70. The SMILES string of the molecule is O=C1CCC(N2Cc3cc(OCC4CCCCN4C(=O)c4ccc(Cl)c(I)c4)ccc3C2=O)C(=O)N1. The molecule has 2 atom stereocenters. The van der Waals surface area contributed by atoms with Crippen LogP contribution in [0.4, 0.5) is 0 Å². The van der Waals surface area contributed by atoms with Crippen molar-refractivity contribution in [2.24, 2.45) is 0 Å². The van der Waals surface area contributed by atoms with Gasteiger partial charge < -0.3 is 14.5 Å². The Kier molecular flexibility index (Phi) is 7.21. The van der Waals surface area contributed by atoms with E-state index in [0.717, 1.165) is 28.4 Å². The number of benzene rings is 2. The summed E-state index contributed by atoms with van der Waals surface area (Å²) in [6.07, 6.45) is 3.37. The summed E-state index contributed by atoms with van der Waals surface area (Å²) in [4.78, 5) is 53.3. The molecule has 2 fully saturated rings.